The van der Waals surface area contributed by atoms with Crippen molar-refractivity contribution in [3.63, 3.8) is 0 Å². The maximum Gasteiger partial charge on any atom is 0.416 e. The van der Waals surface area contributed by atoms with Gasteiger partial charge in [-0.3, -0.25) is 9.52 Å². The van der Waals surface area contributed by atoms with E-state index in [1.165, 1.54) is 30.3 Å². The number of carbonyl (C=O) groups excluding carboxylic acids is 1. The van der Waals surface area contributed by atoms with Crippen LogP contribution in [0, 0.1) is 0 Å². The average Bonchev–Trinajstić information content (AvgIpc) is 2.77. The minimum atomic E-state index is -4.60. The van der Waals surface area contributed by atoms with Crippen molar-refractivity contribution in [2.75, 3.05) is 11.3 Å². The van der Waals surface area contributed by atoms with Crippen LogP contribution < -0.4 is 14.8 Å². The largest absolute Gasteiger partial charge is 0.484 e. The zero-order valence-corrected chi connectivity index (χ0v) is 18.5. The van der Waals surface area contributed by atoms with E-state index < -0.39 is 27.7 Å². The van der Waals surface area contributed by atoms with E-state index in [-0.39, 0.29) is 29.5 Å². The summed E-state index contributed by atoms with van der Waals surface area (Å²) in [6.07, 6.45) is -4.60. The molecule has 3 aromatic rings. The Kier molecular flexibility index (Phi) is 7.50. The monoisotopic (exact) mass is 498 g/mol. The van der Waals surface area contributed by atoms with Crippen molar-refractivity contribution in [1.29, 1.82) is 0 Å². The van der Waals surface area contributed by atoms with Crippen molar-refractivity contribution >= 4 is 33.2 Å². The number of ether oxygens (including phenoxy) is 1. The molecule has 0 aromatic heterocycles. The minimum absolute atomic E-state index is 0.185. The van der Waals surface area contributed by atoms with Crippen LogP contribution in [0.3, 0.4) is 0 Å². The molecule has 0 heterocycles. The average molecular weight is 499 g/mol. The maximum absolute atomic E-state index is 12.8. The SMILES string of the molecule is O=C(COc1ccc(S(=O)(=O)Nc2cccc(C(F)(F)F)c2)cc1)NCc1ccccc1Cl. The number of sulfonamides is 1. The molecule has 0 saturated heterocycles. The highest BCUT2D eigenvalue weighted by atomic mass is 35.5. The molecule has 1 amide bonds. The fourth-order valence-corrected chi connectivity index (χ4v) is 3.98. The lowest BCUT2D eigenvalue weighted by molar-refractivity contribution is -0.137. The summed E-state index contributed by atoms with van der Waals surface area (Å²) in [5.74, 6) is -0.168. The second-order valence-corrected chi connectivity index (χ2v) is 8.90. The normalized spacial score (nSPS) is 11.6. The van der Waals surface area contributed by atoms with Gasteiger partial charge in [0.05, 0.1) is 10.5 Å². The Hall–Kier alpha value is -3.24. The lowest BCUT2D eigenvalue weighted by atomic mass is 10.2. The number of carbonyl (C=O) groups is 1. The van der Waals surface area contributed by atoms with E-state index in [0.717, 1.165) is 17.7 Å². The lowest BCUT2D eigenvalue weighted by Crippen LogP contribution is -2.28. The smallest absolute Gasteiger partial charge is 0.416 e. The quantitative estimate of drug-likeness (QED) is 0.465. The van der Waals surface area contributed by atoms with Crippen LogP contribution in [0.5, 0.6) is 5.75 Å². The van der Waals surface area contributed by atoms with Crippen molar-refractivity contribution in [3.8, 4) is 5.75 Å². The van der Waals surface area contributed by atoms with Crippen molar-refractivity contribution in [2.45, 2.75) is 17.6 Å². The van der Waals surface area contributed by atoms with Crippen LogP contribution in [-0.2, 0) is 27.5 Å². The fourth-order valence-electron chi connectivity index (χ4n) is 2.72. The standard InChI is InChI=1S/C22H18ClF3N2O4S/c23-20-7-2-1-4-15(20)13-27-21(29)14-32-18-8-10-19(11-9-18)33(30,31)28-17-6-3-5-16(12-17)22(24,25)26/h1-12,28H,13-14H2,(H,27,29). The first-order valence-corrected chi connectivity index (χ1v) is 11.3. The first-order chi connectivity index (χ1) is 15.5. The number of halogens is 4. The molecule has 0 unspecified atom stereocenters. The Morgan fingerprint density at radius 2 is 1.67 bits per heavy atom. The Morgan fingerprint density at radius 3 is 2.33 bits per heavy atom. The predicted molar refractivity (Wildman–Crippen MR) is 117 cm³/mol. The Balaban J connectivity index is 1.57. The number of anilines is 1. The summed E-state index contributed by atoms with van der Waals surface area (Å²) >= 11 is 6.02. The maximum atomic E-state index is 12.8. The molecule has 2 N–H and O–H groups in total. The number of nitrogens with one attached hydrogen (secondary N) is 2. The first-order valence-electron chi connectivity index (χ1n) is 9.48. The van der Waals surface area contributed by atoms with E-state index in [4.69, 9.17) is 16.3 Å². The number of hydrogen-bond acceptors (Lipinski definition) is 4. The molecule has 6 nitrogen and oxygen atoms in total. The van der Waals surface area contributed by atoms with Gasteiger partial charge in [-0.2, -0.15) is 13.2 Å². The van der Waals surface area contributed by atoms with Gasteiger partial charge in [-0.25, -0.2) is 8.42 Å². The zero-order chi connectivity index (χ0) is 24.1. The van der Waals surface area contributed by atoms with Crippen molar-refractivity contribution in [1.82, 2.24) is 5.32 Å². The van der Waals surface area contributed by atoms with Gasteiger partial charge in [0.2, 0.25) is 0 Å². The molecule has 11 heteroatoms. The Morgan fingerprint density at radius 1 is 0.970 bits per heavy atom. The summed E-state index contributed by atoms with van der Waals surface area (Å²) in [5, 5.41) is 3.18. The Bertz CT molecular complexity index is 1230. The van der Waals surface area contributed by atoms with E-state index in [1.807, 2.05) is 0 Å². The predicted octanol–water partition coefficient (Wildman–Crippen LogP) is 4.85. The van der Waals surface area contributed by atoms with E-state index in [0.29, 0.717) is 11.1 Å². The number of hydrogen-bond donors (Lipinski definition) is 2. The van der Waals surface area contributed by atoms with Crippen molar-refractivity contribution in [2.24, 2.45) is 0 Å². The van der Waals surface area contributed by atoms with Gasteiger partial charge < -0.3 is 10.1 Å². The molecule has 0 aliphatic rings. The van der Waals surface area contributed by atoms with Crippen LogP contribution in [0.2, 0.25) is 5.02 Å². The number of rotatable bonds is 8. The van der Waals surface area contributed by atoms with E-state index >= 15 is 0 Å². The lowest BCUT2D eigenvalue weighted by Gasteiger charge is -2.12. The third kappa shape index (κ3) is 6.87. The van der Waals surface area contributed by atoms with Gasteiger partial charge in [0, 0.05) is 17.3 Å². The second kappa shape index (κ2) is 10.1. The third-order valence-corrected chi connectivity index (χ3v) is 6.15. The zero-order valence-electron chi connectivity index (χ0n) is 16.9. The van der Waals surface area contributed by atoms with E-state index in [1.54, 1.807) is 24.3 Å². The molecule has 3 aromatic carbocycles. The van der Waals surface area contributed by atoms with Gasteiger partial charge in [-0.05, 0) is 54.1 Å². The third-order valence-electron chi connectivity index (χ3n) is 4.38. The molecule has 0 fully saturated rings. The summed E-state index contributed by atoms with van der Waals surface area (Å²) in [6, 6.07) is 16.0. The highest BCUT2D eigenvalue weighted by Gasteiger charge is 2.30. The molecular formula is C22H18ClF3N2O4S. The van der Waals surface area contributed by atoms with Crippen LogP contribution >= 0.6 is 11.6 Å². The molecule has 0 bridgehead atoms. The van der Waals surface area contributed by atoms with Crippen LogP contribution in [0.25, 0.3) is 0 Å². The summed E-state index contributed by atoms with van der Waals surface area (Å²) in [6.45, 7) is -0.0840. The minimum Gasteiger partial charge on any atom is -0.484 e. The van der Waals surface area contributed by atoms with Gasteiger partial charge in [0.25, 0.3) is 15.9 Å². The first kappa shape index (κ1) is 24.4. The summed E-state index contributed by atoms with van der Waals surface area (Å²) < 4.78 is 70.9. The van der Waals surface area contributed by atoms with Crippen molar-refractivity contribution < 1.29 is 31.1 Å². The second-order valence-electron chi connectivity index (χ2n) is 6.81. The molecule has 33 heavy (non-hydrogen) atoms. The highest BCUT2D eigenvalue weighted by Crippen LogP contribution is 2.31. The van der Waals surface area contributed by atoms with Crippen LogP contribution in [0.1, 0.15) is 11.1 Å². The molecule has 0 spiro atoms. The molecule has 0 aliphatic carbocycles. The van der Waals surface area contributed by atoms with Crippen LogP contribution in [0.4, 0.5) is 18.9 Å². The summed E-state index contributed by atoms with van der Waals surface area (Å²) in [7, 11) is -4.13. The van der Waals surface area contributed by atoms with Gasteiger partial charge in [-0.1, -0.05) is 35.9 Å². The van der Waals surface area contributed by atoms with Crippen LogP contribution in [0.15, 0.2) is 77.7 Å². The number of benzene rings is 3. The van der Waals surface area contributed by atoms with Gasteiger partial charge in [-0.15, -0.1) is 0 Å². The van der Waals surface area contributed by atoms with E-state index in [9.17, 15) is 26.4 Å². The van der Waals surface area contributed by atoms with Gasteiger partial charge >= 0.3 is 6.18 Å². The van der Waals surface area contributed by atoms with Gasteiger partial charge in [0.1, 0.15) is 5.75 Å². The molecule has 0 aliphatic heterocycles. The number of alkyl halides is 3. The van der Waals surface area contributed by atoms with Crippen molar-refractivity contribution in [3.05, 3.63) is 88.9 Å². The number of amides is 1. The fraction of sp³-hybridized carbons (Fsp3) is 0.136. The van der Waals surface area contributed by atoms with Gasteiger partial charge in [0.15, 0.2) is 6.61 Å². The highest BCUT2D eigenvalue weighted by molar-refractivity contribution is 7.92. The molecule has 3 rings (SSSR count). The van der Waals surface area contributed by atoms with E-state index in [2.05, 4.69) is 10.0 Å². The summed E-state index contributed by atoms with van der Waals surface area (Å²) in [4.78, 5) is 11.8. The Labute approximate surface area is 193 Å². The molecule has 0 radical (unpaired) electrons. The molecular weight excluding hydrogens is 481 g/mol. The summed E-state index contributed by atoms with van der Waals surface area (Å²) in [5.41, 5.74) is -0.449. The molecule has 174 valence electrons. The van der Waals surface area contributed by atoms with Crippen LogP contribution in [-0.4, -0.2) is 20.9 Å². The molecule has 0 saturated carbocycles. The topological polar surface area (TPSA) is 84.5 Å². The molecule has 0 atom stereocenters.